The summed E-state index contributed by atoms with van der Waals surface area (Å²) in [5.74, 6) is -1.55. The van der Waals surface area contributed by atoms with Crippen molar-refractivity contribution in [3.05, 3.63) is 50.8 Å². The lowest BCUT2D eigenvalue weighted by Gasteiger charge is -2.06. The number of hydrogen-bond acceptors (Lipinski definition) is 6. The van der Waals surface area contributed by atoms with E-state index in [4.69, 9.17) is 9.15 Å². The van der Waals surface area contributed by atoms with Crippen molar-refractivity contribution in [2.45, 2.75) is 20.4 Å². The molecule has 1 aromatic carbocycles. The molecule has 0 unspecified atom stereocenters. The number of methoxy groups -OCH3 is 1. The van der Waals surface area contributed by atoms with Gasteiger partial charge < -0.3 is 14.5 Å². The number of thiophene rings is 1. The van der Waals surface area contributed by atoms with Gasteiger partial charge in [0.2, 0.25) is 5.91 Å². The number of nitrogens with one attached hydrogen (secondary N) is 1. The number of oxazole rings is 1. The van der Waals surface area contributed by atoms with E-state index >= 15 is 0 Å². The summed E-state index contributed by atoms with van der Waals surface area (Å²) in [5.41, 5.74) is 2.05. The maximum Gasteiger partial charge on any atom is 0.420 e. The number of hydrogen-bond donors (Lipinski definition) is 1. The zero-order chi connectivity index (χ0) is 18.1. The Morgan fingerprint density at radius 2 is 2.00 bits per heavy atom. The second kappa shape index (κ2) is 6.56. The Morgan fingerprint density at radius 1 is 1.28 bits per heavy atom. The van der Waals surface area contributed by atoms with Crippen LogP contribution in [-0.4, -0.2) is 23.6 Å². The smallest absolute Gasteiger partial charge is 0.420 e. The van der Waals surface area contributed by atoms with Crippen molar-refractivity contribution in [3.8, 4) is 0 Å². The molecule has 3 aromatic rings. The molecule has 130 valence electrons. The Hall–Kier alpha value is -2.87. The molecule has 0 fully saturated rings. The summed E-state index contributed by atoms with van der Waals surface area (Å²) >= 11 is 1.29. The lowest BCUT2D eigenvalue weighted by molar-refractivity contribution is -0.116. The van der Waals surface area contributed by atoms with Crippen molar-refractivity contribution in [3.63, 3.8) is 0 Å². The molecule has 2 aromatic heterocycles. The Bertz CT molecular complexity index is 1030. The first-order valence-electron chi connectivity index (χ1n) is 7.49. The van der Waals surface area contributed by atoms with Gasteiger partial charge in [-0.1, -0.05) is 12.1 Å². The van der Waals surface area contributed by atoms with Crippen LogP contribution in [0.1, 0.15) is 20.8 Å². The van der Waals surface area contributed by atoms with Crippen LogP contribution in [-0.2, 0) is 16.1 Å². The van der Waals surface area contributed by atoms with Crippen molar-refractivity contribution in [2.24, 2.45) is 0 Å². The molecule has 0 spiro atoms. The van der Waals surface area contributed by atoms with Crippen LogP contribution < -0.4 is 11.1 Å². The summed E-state index contributed by atoms with van der Waals surface area (Å²) in [6.45, 7) is 3.43. The summed E-state index contributed by atoms with van der Waals surface area (Å²) in [5, 5.41) is 3.10. The number of rotatable bonds is 4. The van der Waals surface area contributed by atoms with Gasteiger partial charge in [-0.15, -0.1) is 11.3 Å². The van der Waals surface area contributed by atoms with Crippen molar-refractivity contribution in [2.75, 3.05) is 12.4 Å². The van der Waals surface area contributed by atoms with Gasteiger partial charge in [-0.2, -0.15) is 0 Å². The predicted molar refractivity (Wildman–Crippen MR) is 94.2 cm³/mol. The molecule has 0 bridgehead atoms. The fourth-order valence-electron chi connectivity index (χ4n) is 2.54. The van der Waals surface area contributed by atoms with Crippen LogP contribution >= 0.6 is 11.3 Å². The number of amides is 1. The molecule has 1 N–H and O–H groups in total. The molecule has 0 saturated heterocycles. The number of carbonyl (C=O) groups excluding carboxylic acids is 2. The number of ether oxygens (including phenoxy) is 1. The molecule has 0 aliphatic rings. The van der Waals surface area contributed by atoms with E-state index in [9.17, 15) is 14.4 Å². The van der Waals surface area contributed by atoms with E-state index in [1.807, 2.05) is 6.92 Å². The summed E-state index contributed by atoms with van der Waals surface area (Å²) < 4.78 is 11.1. The lowest BCUT2D eigenvalue weighted by atomic mass is 10.1. The fraction of sp³-hybridized carbons (Fsp3) is 0.235. The topological polar surface area (TPSA) is 90.5 Å². The second-order valence-electron chi connectivity index (χ2n) is 5.45. The Labute approximate surface area is 146 Å². The number of esters is 1. The fourth-order valence-corrected chi connectivity index (χ4v) is 3.60. The first-order valence-corrected chi connectivity index (χ1v) is 8.30. The maximum atomic E-state index is 12.4. The van der Waals surface area contributed by atoms with Crippen LogP contribution in [0, 0.1) is 13.8 Å². The highest BCUT2D eigenvalue weighted by molar-refractivity contribution is 7.16. The van der Waals surface area contributed by atoms with E-state index in [2.05, 4.69) is 5.32 Å². The second-order valence-corrected chi connectivity index (χ2v) is 6.67. The third kappa shape index (κ3) is 3.08. The van der Waals surface area contributed by atoms with Gasteiger partial charge in [0.25, 0.3) is 0 Å². The minimum atomic E-state index is -0.608. The van der Waals surface area contributed by atoms with E-state index in [-0.39, 0.29) is 6.54 Å². The van der Waals surface area contributed by atoms with Crippen LogP contribution in [0.2, 0.25) is 0 Å². The van der Waals surface area contributed by atoms with Crippen molar-refractivity contribution >= 4 is 39.3 Å². The predicted octanol–water partition coefficient (Wildman–Crippen LogP) is 2.70. The molecule has 1 amide bonds. The van der Waals surface area contributed by atoms with Gasteiger partial charge in [-0.3, -0.25) is 9.36 Å². The van der Waals surface area contributed by atoms with Gasteiger partial charge in [0.15, 0.2) is 5.58 Å². The zero-order valence-electron chi connectivity index (χ0n) is 13.9. The minimum absolute atomic E-state index is 0.216. The third-order valence-corrected chi connectivity index (χ3v) is 5.03. The van der Waals surface area contributed by atoms with E-state index < -0.39 is 17.6 Å². The standard InChI is InChI=1S/C17H16N2O5S/c1-9-10(2)25-15(14(9)16(21)23-3)18-13(20)8-19-11-6-4-5-7-12(11)24-17(19)22/h4-7H,8H2,1-3H3,(H,18,20). The van der Waals surface area contributed by atoms with Crippen LogP contribution in [0.25, 0.3) is 11.1 Å². The lowest BCUT2D eigenvalue weighted by Crippen LogP contribution is -2.25. The summed E-state index contributed by atoms with van der Waals surface area (Å²) in [6, 6.07) is 6.86. The molecule has 0 atom stereocenters. The number of para-hydroxylation sites is 2. The van der Waals surface area contributed by atoms with Crippen LogP contribution in [0.4, 0.5) is 5.00 Å². The zero-order valence-corrected chi connectivity index (χ0v) is 14.7. The Balaban J connectivity index is 1.88. The van der Waals surface area contributed by atoms with Gasteiger partial charge >= 0.3 is 11.7 Å². The van der Waals surface area contributed by atoms with Crippen LogP contribution in [0.5, 0.6) is 0 Å². The maximum absolute atomic E-state index is 12.4. The largest absolute Gasteiger partial charge is 0.465 e. The van der Waals surface area contributed by atoms with Crippen LogP contribution in [0.15, 0.2) is 33.5 Å². The molecular formula is C17H16N2O5S. The molecule has 2 heterocycles. The number of aromatic nitrogens is 1. The third-order valence-electron chi connectivity index (χ3n) is 3.90. The number of aryl methyl sites for hydroxylation is 1. The van der Waals surface area contributed by atoms with E-state index in [0.717, 1.165) is 10.4 Å². The number of benzene rings is 1. The van der Waals surface area contributed by atoms with Gasteiger partial charge in [0, 0.05) is 4.88 Å². The van der Waals surface area contributed by atoms with E-state index in [1.165, 1.54) is 23.0 Å². The molecule has 0 aliphatic heterocycles. The van der Waals surface area contributed by atoms with E-state index in [1.54, 1.807) is 31.2 Å². The average Bonchev–Trinajstić information content (AvgIpc) is 3.04. The molecule has 7 nitrogen and oxygen atoms in total. The van der Waals surface area contributed by atoms with Gasteiger partial charge in [0.05, 0.1) is 18.2 Å². The highest BCUT2D eigenvalue weighted by Crippen LogP contribution is 2.32. The minimum Gasteiger partial charge on any atom is -0.465 e. The van der Waals surface area contributed by atoms with Crippen molar-refractivity contribution in [1.29, 1.82) is 0 Å². The van der Waals surface area contributed by atoms with Gasteiger partial charge in [0.1, 0.15) is 11.5 Å². The summed E-state index contributed by atoms with van der Waals surface area (Å²) in [7, 11) is 1.29. The Kier molecular flexibility index (Phi) is 4.45. The quantitative estimate of drug-likeness (QED) is 0.723. The number of anilines is 1. The normalized spacial score (nSPS) is 10.8. The first-order chi connectivity index (χ1) is 11.9. The summed E-state index contributed by atoms with van der Waals surface area (Å²) in [6.07, 6.45) is 0. The van der Waals surface area contributed by atoms with Gasteiger partial charge in [-0.05, 0) is 31.5 Å². The molecule has 25 heavy (non-hydrogen) atoms. The van der Waals surface area contributed by atoms with Crippen LogP contribution in [0.3, 0.4) is 0 Å². The molecule has 0 aliphatic carbocycles. The SMILES string of the molecule is COC(=O)c1c(NC(=O)Cn2c(=O)oc3ccccc32)sc(C)c1C. The summed E-state index contributed by atoms with van der Waals surface area (Å²) in [4.78, 5) is 37.2. The molecule has 0 saturated carbocycles. The monoisotopic (exact) mass is 360 g/mol. The van der Waals surface area contributed by atoms with E-state index in [0.29, 0.717) is 21.7 Å². The number of carbonyl (C=O) groups is 2. The highest BCUT2D eigenvalue weighted by Gasteiger charge is 2.22. The molecule has 3 rings (SSSR count). The molecular weight excluding hydrogens is 344 g/mol. The number of nitrogens with zero attached hydrogens (tertiary/aromatic N) is 1. The van der Waals surface area contributed by atoms with Gasteiger partial charge in [-0.25, -0.2) is 9.59 Å². The first kappa shape index (κ1) is 17.0. The highest BCUT2D eigenvalue weighted by atomic mass is 32.1. The Morgan fingerprint density at radius 3 is 2.72 bits per heavy atom. The number of fused-ring (bicyclic) bond motifs is 1. The van der Waals surface area contributed by atoms with Crippen molar-refractivity contribution in [1.82, 2.24) is 4.57 Å². The average molecular weight is 360 g/mol. The molecule has 8 heteroatoms. The molecule has 0 radical (unpaired) electrons. The van der Waals surface area contributed by atoms with Crippen molar-refractivity contribution < 1.29 is 18.7 Å².